The maximum Gasteiger partial charge on any atom is 0.212 e. The van der Waals surface area contributed by atoms with Crippen LogP contribution in [0.4, 0.5) is 0 Å². The normalized spacial score (nSPS) is 25.0. The number of hydrogen-bond donors (Lipinski definition) is 1. The van der Waals surface area contributed by atoms with Gasteiger partial charge in [0.1, 0.15) is 0 Å². The van der Waals surface area contributed by atoms with Crippen molar-refractivity contribution < 1.29 is 13.2 Å². The molecule has 0 saturated carbocycles. The van der Waals surface area contributed by atoms with Crippen molar-refractivity contribution in [1.82, 2.24) is 0 Å². The van der Waals surface area contributed by atoms with E-state index in [2.05, 4.69) is 0 Å². The second-order valence-electron chi connectivity index (χ2n) is 4.88. The van der Waals surface area contributed by atoms with Gasteiger partial charge in [-0.2, -0.15) is 0 Å². The highest BCUT2D eigenvalue weighted by Gasteiger charge is 2.34. The van der Waals surface area contributed by atoms with E-state index >= 15 is 0 Å². The number of hydrogen-bond acceptors (Lipinski definition) is 3. The summed E-state index contributed by atoms with van der Waals surface area (Å²) in [4.78, 5) is 0. The minimum atomic E-state index is -3.49. The van der Waals surface area contributed by atoms with Gasteiger partial charge in [0.15, 0.2) is 0 Å². The maximum atomic E-state index is 11.6. The zero-order valence-corrected chi connectivity index (χ0v) is 11.3. The Balaban J connectivity index is 2.18. The van der Waals surface area contributed by atoms with Crippen molar-refractivity contribution in [2.24, 2.45) is 11.1 Å². The third-order valence-electron chi connectivity index (χ3n) is 3.57. The standard InChI is InChI=1S/C13H19NO3S/c1-10-4-2-3-5-11(10)8-12-9-17-7-6-13(12)18(14,15)16/h2-5,12-13H,6-9H2,1H3,(H2,14,15,16)/t12-,13+/m0/s1. The lowest BCUT2D eigenvalue weighted by Crippen LogP contribution is -2.42. The SMILES string of the molecule is Cc1ccccc1C[C@H]1COCC[C@H]1S(N)(=O)=O. The number of ether oxygens (including phenoxy) is 1. The molecule has 1 aromatic rings. The lowest BCUT2D eigenvalue weighted by atomic mass is 9.91. The molecule has 5 heteroatoms. The summed E-state index contributed by atoms with van der Waals surface area (Å²) in [5.41, 5.74) is 2.35. The summed E-state index contributed by atoms with van der Waals surface area (Å²) >= 11 is 0. The number of rotatable bonds is 3. The van der Waals surface area contributed by atoms with Crippen molar-refractivity contribution in [2.75, 3.05) is 13.2 Å². The molecular weight excluding hydrogens is 250 g/mol. The lowest BCUT2D eigenvalue weighted by molar-refractivity contribution is 0.0572. The van der Waals surface area contributed by atoms with Crippen LogP contribution in [-0.2, 0) is 21.2 Å². The average molecular weight is 269 g/mol. The van der Waals surface area contributed by atoms with Crippen molar-refractivity contribution in [2.45, 2.75) is 25.0 Å². The number of nitrogens with two attached hydrogens (primary N) is 1. The molecule has 2 atom stereocenters. The van der Waals surface area contributed by atoms with Crippen LogP contribution in [0.2, 0.25) is 0 Å². The van der Waals surface area contributed by atoms with E-state index in [1.54, 1.807) is 0 Å². The Hall–Kier alpha value is -0.910. The summed E-state index contributed by atoms with van der Waals surface area (Å²) in [6, 6.07) is 8.01. The molecular formula is C13H19NO3S. The highest BCUT2D eigenvalue weighted by atomic mass is 32.2. The molecule has 1 aliphatic rings. The zero-order chi connectivity index (χ0) is 13.2. The van der Waals surface area contributed by atoms with E-state index in [4.69, 9.17) is 9.88 Å². The van der Waals surface area contributed by atoms with E-state index in [9.17, 15) is 8.42 Å². The van der Waals surface area contributed by atoms with Gasteiger partial charge in [-0.15, -0.1) is 0 Å². The van der Waals surface area contributed by atoms with Crippen LogP contribution < -0.4 is 5.14 Å². The molecule has 0 aliphatic carbocycles. The van der Waals surface area contributed by atoms with E-state index in [0.717, 1.165) is 0 Å². The number of sulfonamides is 1. The van der Waals surface area contributed by atoms with Gasteiger partial charge in [0.25, 0.3) is 0 Å². The zero-order valence-electron chi connectivity index (χ0n) is 10.5. The van der Waals surface area contributed by atoms with Crippen molar-refractivity contribution in [3.8, 4) is 0 Å². The van der Waals surface area contributed by atoms with Gasteiger partial charge in [0.2, 0.25) is 10.0 Å². The van der Waals surface area contributed by atoms with Crippen LogP contribution in [0.5, 0.6) is 0 Å². The maximum absolute atomic E-state index is 11.6. The average Bonchev–Trinajstić information content (AvgIpc) is 2.31. The van der Waals surface area contributed by atoms with E-state index in [-0.39, 0.29) is 5.92 Å². The van der Waals surface area contributed by atoms with Crippen LogP contribution in [0.1, 0.15) is 17.5 Å². The van der Waals surface area contributed by atoms with E-state index in [1.807, 2.05) is 31.2 Å². The van der Waals surface area contributed by atoms with Crippen LogP contribution in [0.25, 0.3) is 0 Å². The summed E-state index contributed by atoms with van der Waals surface area (Å²) in [6.45, 7) is 2.98. The van der Waals surface area contributed by atoms with E-state index in [1.165, 1.54) is 11.1 Å². The molecule has 4 nitrogen and oxygen atoms in total. The fourth-order valence-corrected chi connectivity index (χ4v) is 3.66. The molecule has 18 heavy (non-hydrogen) atoms. The fourth-order valence-electron chi connectivity index (χ4n) is 2.52. The molecule has 0 spiro atoms. The Morgan fingerprint density at radius 2 is 2.11 bits per heavy atom. The van der Waals surface area contributed by atoms with Crippen LogP contribution >= 0.6 is 0 Å². The van der Waals surface area contributed by atoms with Crippen LogP contribution in [0.15, 0.2) is 24.3 Å². The Bertz CT molecular complexity index is 513. The van der Waals surface area contributed by atoms with Crippen LogP contribution in [0, 0.1) is 12.8 Å². The molecule has 0 amide bonds. The van der Waals surface area contributed by atoms with Gasteiger partial charge < -0.3 is 4.74 Å². The first-order valence-corrected chi connectivity index (χ1v) is 7.73. The predicted molar refractivity (Wildman–Crippen MR) is 70.7 cm³/mol. The summed E-state index contributed by atoms with van der Waals surface area (Å²) in [5.74, 6) is -0.0464. The highest BCUT2D eigenvalue weighted by molar-refractivity contribution is 7.89. The topological polar surface area (TPSA) is 69.4 Å². The first-order chi connectivity index (χ1) is 8.48. The van der Waals surface area contributed by atoms with Crippen LogP contribution in [0.3, 0.4) is 0 Å². The first-order valence-electron chi connectivity index (χ1n) is 6.12. The molecule has 1 aromatic carbocycles. The number of aryl methyl sites for hydroxylation is 1. The molecule has 0 radical (unpaired) electrons. The Morgan fingerprint density at radius 3 is 2.78 bits per heavy atom. The molecule has 1 heterocycles. The van der Waals surface area contributed by atoms with Crippen molar-refractivity contribution in [3.05, 3.63) is 35.4 Å². The van der Waals surface area contributed by atoms with Gasteiger partial charge in [-0.1, -0.05) is 24.3 Å². The molecule has 1 fully saturated rings. The van der Waals surface area contributed by atoms with Gasteiger partial charge in [-0.05, 0) is 30.9 Å². The van der Waals surface area contributed by atoms with Crippen molar-refractivity contribution >= 4 is 10.0 Å². The molecule has 100 valence electrons. The summed E-state index contributed by atoms with van der Waals surface area (Å²) in [6.07, 6.45) is 1.20. The molecule has 0 unspecified atom stereocenters. The quantitative estimate of drug-likeness (QED) is 0.897. The van der Waals surface area contributed by atoms with Crippen molar-refractivity contribution in [3.63, 3.8) is 0 Å². The number of benzene rings is 1. The van der Waals surface area contributed by atoms with Gasteiger partial charge in [0, 0.05) is 12.5 Å². The first kappa shape index (κ1) is 13.5. The van der Waals surface area contributed by atoms with Gasteiger partial charge >= 0.3 is 0 Å². The Labute approximate surface area is 108 Å². The van der Waals surface area contributed by atoms with E-state index < -0.39 is 15.3 Å². The van der Waals surface area contributed by atoms with Gasteiger partial charge in [0.05, 0.1) is 11.9 Å². The third-order valence-corrected chi connectivity index (χ3v) is 5.03. The minimum Gasteiger partial charge on any atom is -0.381 e. The minimum absolute atomic E-state index is 0.0464. The van der Waals surface area contributed by atoms with Crippen molar-refractivity contribution in [1.29, 1.82) is 0 Å². The Morgan fingerprint density at radius 1 is 1.39 bits per heavy atom. The second-order valence-corrected chi connectivity index (χ2v) is 6.67. The smallest absolute Gasteiger partial charge is 0.212 e. The van der Waals surface area contributed by atoms with Gasteiger partial charge in [-0.25, -0.2) is 13.6 Å². The monoisotopic (exact) mass is 269 g/mol. The summed E-state index contributed by atoms with van der Waals surface area (Å²) in [5, 5.41) is 4.83. The molecule has 1 saturated heterocycles. The van der Waals surface area contributed by atoms with Gasteiger partial charge in [-0.3, -0.25) is 0 Å². The summed E-state index contributed by atoms with van der Waals surface area (Å²) in [7, 11) is -3.49. The molecule has 0 aromatic heterocycles. The fraction of sp³-hybridized carbons (Fsp3) is 0.538. The highest BCUT2D eigenvalue weighted by Crippen LogP contribution is 2.25. The molecule has 2 rings (SSSR count). The lowest BCUT2D eigenvalue weighted by Gasteiger charge is -2.30. The summed E-state index contributed by atoms with van der Waals surface area (Å²) < 4.78 is 28.6. The van der Waals surface area contributed by atoms with E-state index in [0.29, 0.717) is 26.1 Å². The second kappa shape index (κ2) is 5.38. The number of primary sulfonamides is 1. The largest absolute Gasteiger partial charge is 0.381 e. The van der Waals surface area contributed by atoms with Crippen LogP contribution in [-0.4, -0.2) is 26.9 Å². The predicted octanol–water partition coefficient (Wildman–Crippen LogP) is 1.23. The Kier molecular flexibility index (Phi) is 4.04. The third kappa shape index (κ3) is 3.10. The molecule has 1 aliphatic heterocycles. The molecule has 2 N–H and O–H groups in total. The molecule has 0 bridgehead atoms.